The third-order valence-electron chi connectivity index (χ3n) is 7.18. The first-order chi connectivity index (χ1) is 23.1. The lowest BCUT2D eigenvalue weighted by Gasteiger charge is -2.24. The molecule has 0 aliphatic rings. The standard InChI is InChI=1S/C31H32F5N5O7S2/c1-14(2)23(38-28(45)48-30(3,4)5)26(44)47-13-41-18(16-8-9-17(32)21(22(16)33)31(34,35)36)12-50-27(41)37-19(42)10-15-11-49-25-20(15)24(43)39(6)29(46)40(25)7/h8-9,11-12,14,23H,10,13H2,1-7H3,(H,38,45)/t23-/m0/s1. The fourth-order valence-corrected chi connectivity index (χ4v) is 6.71. The smallest absolute Gasteiger partial charge is 0.422 e. The number of benzene rings is 1. The van der Waals surface area contributed by atoms with Crippen LogP contribution in [0.15, 0.2) is 37.5 Å². The van der Waals surface area contributed by atoms with E-state index >= 15 is 4.39 Å². The summed E-state index contributed by atoms with van der Waals surface area (Å²) < 4.78 is 83.9. The number of thiophene rings is 1. The van der Waals surface area contributed by atoms with E-state index in [1.165, 1.54) is 24.0 Å². The minimum Gasteiger partial charge on any atom is -0.444 e. The van der Waals surface area contributed by atoms with Crippen LogP contribution in [-0.2, 0) is 52.5 Å². The molecule has 19 heteroatoms. The Labute approximate surface area is 288 Å². The van der Waals surface area contributed by atoms with Crippen LogP contribution in [0.1, 0.15) is 45.7 Å². The zero-order valence-electron chi connectivity index (χ0n) is 27.7. The summed E-state index contributed by atoms with van der Waals surface area (Å²) in [6, 6.07) is -0.0872. The molecule has 0 bridgehead atoms. The van der Waals surface area contributed by atoms with Crippen LogP contribution >= 0.6 is 22.7 Å². The molecule has 0 aliphatic heterocycles. The third kappa shape index (κ3) is 8.04. The number of hydrogen-bond donors (Lipinski definition) is 1. The van der Waals surface area contributed by atoms with Crippen LogP contribution < -0.4 is 21.4 Å². The van der Waals surface area contributed by atoms with Gasteiger partial charge < -0.3 is 14.8 Å². The predicted molar refractivity (Wildman–Crippen MR) is 173 cm³/mol. The van der Waals surface area contributed by atoms with E-state index in [9.17, 15) is 41.5 Å². The summed E-state index contributed by atoms with van der Waals surface area (Å²) >= 11 is 1.73. The Bertz CT molecular complexity index is 2170. The highest BCUT2D eigenvalue weighted by Crippen LogP contribution is 2.37. The van der Waals surface area contributed by atoms with Gasteiger partial charge in [-0.3, -0.25) is 23.3 Å². The maximum absolute atomic E-state index is 15.3. The third-order valence-corrected chi connectivity index (χ3v) is 9.15. The summed E-state index contributed by atoms with van der Waals surface area (Å²) in [6.45, 7) is 7.19. The summed E-state index contributed by atoms with van der Waals surface area (Å²) in [5, 5.41) is 5.15. The molecule has 0 saturated heterocycles. The molecule has 1 aromatic carbocycles. The van der Waals surface area contributed by atoms with Gasteiger partial charge in [0.2, 0.25) is 0 Å². The first kappa shape index (κ1) is 38.2. The lowest BCUT2D eigenvalue weighted by molar-refractivity contribution is -0.151. The number of alkyl carbamates (subject to hydrolysis) is 1. The normalized spacial score (nSPS) is 13.2. The number of carbonyl (C=O) groups is 3. The van der Waals surface area contributed by atoms with Crippen LogP contribution in [0.4, 0.5) is 26.7 Å². The number of alkyl halides is 3. The first-order valence-electron chi connectivity index (χ1n) is 14.8. The maximum Gasteiger partial charge on any atom is 0.422 e. The number of hydrogen-bond acceptors (Lipinski definition) is 9. The highest BCUT2D eigenvalue weighted by molar-refractivity contribution is 7.17. The molecule has 12 nitrogen and oxygen atoms in total. The van der Waals surface area contributed by atoms with E-state index in [-0.39, 0.29) is 21.4 Å². The fraction of sp³-hybridized carbons (Fsp3) is 0.419. The van der Waals surface area contributed by atoms with Crippen molar-refractivity contribution in [2.24, 2.45) is 25.0 Å². The van der Waals surface area contributed by atoms with Crippen molar-refractivity contribution in [3.63, 3.8) is 0 Å². The summed E-state index contributed by atoms with van der Waals surface area (Å²) in [5.74, 6) is -6.20. The van der Waals surface area contributed by atoms with Gasteiger partial charge in [0.05, 0.1) is 17.5 Å². The van der Waals surface area contributed by atoms with E-state index in [0.29, 0.717) is 22.2 Å². The molecule has 1 N–H and O–H groups in total. The van der Waals surface area contributed by atoms with Gasteiger partial charge in [0.15, 0.2) is 11.5 Å². The molecule has 3 heterocycles. The van der Waals surface area contributed by atoms with Crippen LogP contribution in [-0.4, -0.2) is 43.3 Å². The molecule has 270 valence electrons. The van der Waals surface area contributed by atoms with E-state index in [2.05, 4.69) is 10.3 Å². The molecule has 0 radical (unpaired) electrons. The number of ether oxygens (including phenoxy) is 2. The molecule has 0 aliphatic carbocycles. The zero-order chi connectivity index (χ0) is 37.5. The van der Waals surface area contributed by atoms with Crippen molar-refractivity contribution < 1.29 is 45.8 Å². The molecule has 4 rings (SSSR count). The molecule has 2 amide bonds. The van der Waals surface area contributed by atoms with Crippen LogP contribution in [0.5, 0.6) is 0 Å². The monoisotopic (exact) mass is 745 g/mol. The van der Waals surface area contributed by atoms with E-state index < -0.39 is 88.9 Å². The first-order valence-corrected chi connectivity index (χ1v) is 16.5. The number of nitrogens with zero attached hydrogens (tertiary/aromatic N) is 4. The molecule has 3 aromatic heterocycles. The van der Waals surface area contributed by atoms with Gasteiger partial charge in [-0.1, -0.05) is 13.8 Å². The predicted octanol–water partition coefficient (Wildman–Crippen LogP) is 4.85. The van der Waals surface area contributed by atoms with Gasteiger partial charge >= 0.3 is 23.9 Å². The van der Waals surface area contributed by atoms with Crippen molar-refractivity contribution in [2.45, 2.75) is 65.6 Å². The van der Waals surface area contributed by atoms with Crippen LogP contribution in [0.25, 0.3) is 21.5 Å². The maximum atomic E-state index is 15.3. The van der Waals surface area contributed by atoms with E-state index in [1.807, 2.05) is 0 Å². The second-order valence-electron chi connectivity index (χ2n) is 12.4. The molecule has 0 fully saturated rings. The fourth-order valence-electron chi connectivity index (χ4n) is 4.78. The van der Waals surface area contributed by atoms with Crippen LogP contribution in [0.3, 0.4) is 0 Å². The van der Waals surface area contributed by atoms with E-state index in [4.69, 9.17) is 9.47 Å². The van der Waals surface area contributed by atoms with Gasteiger partial charge in [-0.2, -0.15) is 18.2 Å². The number of halogens is 5. The van der Waals surface area contributed by atoms with Gasteiger partial charge in [-0.25, -0.2) is 23.2 Å². The second-order valence-corrected chi connectivity index (χ2v) is 14.1. The van der Waals surface area contributed by atoms with Gasteiger partial charge in [0, 0.05) is 25.0 Å². The summed E-state index contributed by atoms with van der Waals surface area (Å²) in [4.78, 5) is 68.1. The van der Waals surface area contributed by atoms with Crippen LogP contribution in [0, 0.1) is 17.6 Å². The van der Waals surface area contributed by atoms with Crippen molar-refractivity contribution in [3.8, 4) is 11.3 Å². The van der Waals surface area contributed by atoms with E-state index in [0.717, 1.165) is 31.9 Å². The van der Waals surface area contributed by atoms with Crippen molar-refractivity contribution in [2.75, 3.05) is 0 Å². The number of aryl methyl sites for hydroxylation is 1. The number of amides is 2. The largest absolute Gasteiger partial charge is 0.444 e. The lowest BCUT2D eigenvalue weighted by Crippen LogP contribution is -2.47. The quantitative estimate of drug-likeness (QED) is 0.201. The Balaban J connectivity index is 1.77. The topological polar surface area (TPSA) is 143 Å². The minimum absolute atomic E-state index is 0.113. The average molecular weight is 746 g/mol. The molecule has 4 aromatic rings. The van der Waals surface area contributed by atoms with Gasteiger partial charge in [-0.15, -0.1) is 22.7 Å². The lowest BCUT2D eigenvalue weighted by atomic mass is 10.1. The Hall–Kier alpha value is -4.65. The number of rotatable bonds is 8. The Kier molecular flexibility index (Phi) is 10.9. The second kappa shape index (κ2) is 14.3. The van der Waals surface area contributed by atoms with E-state index in [1.54, 1.807) is 34.6 Å². The molecular formula is C31H32F5N5O7S2. The van der Waals surface area contributed by atoms with Crippen molar-refractivity contribution in [1.82, 2.24) is 19.0 Å². The average Bonchev–Trinajstić information content (AvgIpc) is 3.58. The van der Waals surface area contributed by atoms with Crippen molar-refractivity contribution >= 4 is 50.9 Å². The summed E-state index contributed by atoms with van der Waals surface area (Å²) in [7, 11) is 2.74. The summed E-state index contributed by atoms with van der Waals surface area (Å²) in [5.41, 5.74) is -5.09. The molecule has 0 unspecified atom stereocenters. The van der Waals surface area contributed by atoms with Gasteiger partial charge in [0.25, 0.3) is 11.5 Å². The number of thiazole rings is 1. The molecule has 0 saturated carbocycles. The molecule has 0 spiro atoms. The summed E-state index contributed by atoms with van der Waals surface area (Å²) in [6.07, 6.45) is -6.77. The Morgan fingerprint density at radius 1 is 1.00 bits per heavy atom. The van der Waals surface area contributed by atoms with Crippen molar-refractivity contribution in [1.29, 1.82) is 0 Å². The van der Waals surface area contributed by atoms with Gasteiger partial charge in [0.1, 0.15) is 33.7 Å². The number of esters is 1. The number of fused-ring (bicyclic) bond motifs is 1. The Morgan fingerprint density at radius 2 is 1.66 bits per heavy atom. The molecule has 50 heavy (non-hydrogen) atoms. The van der Waals surface area contributed by atoms with Crippen LogP contribution in [0.2, 0.25) is 0 Å². The zero-order valence-corrected chi connectivity index (χ0v) is 29.4. The molecule has 1 atom stereocenters. The number of nitrogens with one attached hydrogen (secondary N) is 1. The SMILES string of the molecule is CC(C)[C@H](NC(=O)OC(C)(C)C)C(=O)OCn1c(-c2ccc(F)c(C(F)(F)F)c2F)csc1=NC(=O)Cc1csc2c1c(=O)n(C)c(=O)n2C. The highest BCUT2D eigenvalue weighted by atomic mass is 32.1. The molecular weight excluding hydrogens is 713 g/mol. The minimum atomic E-state index is -5.40. The van der Waals surface area contributed by atoms with Crippen molar-refractivity contribution in [3.05, 3.63) is 71.3 Å². The highest BCUT2D eigenvalue weighted by Gasteiger charge is 2.39. The Morgan fingerprint density at radius 3 is 2.26 bits per heavy atom. The number of carbonyl (C=O) groups excluding carboxylic acids is 3. The number of aromatic nitrogens is 3. The van der Waals surface area contributed by atoms with Gasteiger partial charge in [-0.05, 0) is 49.8 Å².